The lowest BCUT2D eigenvalue weighted by molar-refractivity contribution is 0.0697. The van der Waals surface area contributed by atoms with Crippen LogP contribution in [0, 0.1) is 12.0 Å². The van der Waals surface area contributed by atoms with Crippen LogP contribution in [0.15, 0.2) is 42.5 Å². The minimum atomic E-state index is -0.890. The van der Waals surface area contributed by atoms with Crippen molar-refractivity contribution in [2.45, 2.75) is 32.2 Å². The van der Waals surface area contributed by atoms with Gasteiger partial charge in [-0.1, -0.05) is 17.7 Å². The summed E-state index contributed by atoms with van der Waals surface area (Å²) in [5, 5.41) is 9.60. The molecule has 2 saturated heterocycles. The zero-order valence-corrected chi connectivity index (χ0v) is 17.2. The molecule has 5 nitrogen and oxygen atoms in total. The third-order valence-corrected chi connectivity index (χ3v) is 7.13. The van der Waals surface area contributed by atoms with E-state index in [-0.39, 0.29) is 5.41 Å². The highest BCUT2D eigenvalue weighted by Crippen LogP contribution is 2.48. The monoisotopic (exact) mass is 409 g/mol. The van der Waals surface area contributed by atoms with Crippen LogP contribution in [-0.4, -0.2) is 36.8 Å². The molecule has 4 rings (SSSR count). The van der Waals surface area contributed by atoms with Gasteiger partial charge in [0.25, 0.3) is 0 Å². The van der Waals surface area contributed by atoms with Gasteiger partial charge in [0.15, 0.2) is 0 Å². The smallest absolute Gasteiger partial charge is 0.335 e. The van der Waals surface area contributed by atoms with Crippen LogP contribution in [-0.2, 0) is 0 Å². The van der Waals surface area contributed by atoms with Crippen molar-refractivity contribution < 1.29 is 9.90 Å². The summed E-state index contributed by atoms with van der Waals surface area (Å²) in [6.45, 7) is 12.4. The summed E-state index contributed by atoms with van der Waals surface area (Å²) in [4.78, 5) is 19.3. The molecule has 2 heterocycles. The summed E-state index contributed by atoms with van der Waals surface area (Å²) >= 11 is 6.27. The molecule has 2 aromatic carbocycles. The van der Waals surface area contributed by atoms with Crippen molar-refractivity contribution in [2.24, 2.45) is 5.41 Å². The topological polar surface area (TPSA) is 48.1 Å². The van der Waals surface area contributed by atoms with E-state index in [1.54, 1.807) is 12.1 Å². The standard InChI is InChI=1S/C23H24ClN3O2/c1-16-23(11-14-27(16)19-7-8-21(25-2)20(24)15-19)9-12-26(13-10-23)18-5-3-17(4-6-18)22(28)29/h3-8,15-16H,9-14H2,1H3,(H,28,29)/t16-/m0/s1. The van der Waals surface area contributed by atoms with Gasteiger partial charge < -0.3 is 14.9 Å². The van der Waals surface area contributed by atoms with Crippen molar-refractivity contribution in [3.05, 3.63) is 64.5 Å². The molecule has 0 bridgehead atoms. The van der Waals surface area contributed by atoms with Crippen LogP contribution in [0.2, 0.25) is 5.02 Å². The Labute approximate surface area is 176 Å². The zero-order chi connectivity index (χ0) is 20.6. The summed E-state index contributed by atoms with van der Waals surface area (Å²) in [5.74, 6) is -0.890. The molecular weight excluding hydrogens is 386 g/mol. The number of piperidine rings is 1. The van der Waals surface area contributed by atoms with E-state index in [0.29, 0.717) is 22.3 Å². The first kappa shape index (κ1) is 19.6. The SMILES string of the molecule is [C-]#[N+]c1ccc(N2CCC3(CCN(c4ccc(C(=O)O)cc4)CC3)[C@@H]2C)cc1Cl. The number of hydrogen-bond donors (Lipinski definition) is 1. The molecule has 0 aromatic heterocycles. The minimum absolute atomic E-state index is 0.280. The van der Waals surface area contributed by atoms with Gasteiger partial charge in [-0.15, -0.1) is 0 Å². The molecule has 2 fully saturated rings. The van der Waals surface area contributed by atoms with Gasteiger partial charge in [-0.2, -0.15) is 0 Å². The minimum Gasteiger partial charge on any atom is -0.478 e. The highest BCUT2D eigenvalue weighted by atomic mass is 35.5. The van der Waals surface area contributed by atoms with Gasteiger partial charge in [0.1, 0.15) is 0 Å². The molecule has 0 unspecified atom stereocenters. The predicted molar refractivity (Wildman–Crippen MR) is 116 cm³/mol. The summed E-state index contributed by atoms with van der Waals surface area (Å²) in [6, 6.07) is 13.3. The number of carboxylic acids is 1. The number of benzene rings is 2. The van der Waals surface area contributed by atoms with E-state index in [1.807, 2.05) is 30.3 Å². The third-order valence-electron chi connectivity index (χ3n) is 6.83. The summed E-state index contributed by atoms with van der Waals surface area (Å²) in [5.41, 5.74) is 3.29. The predicted octanol–water partition coefficient (Wildman–Crippen LogP) is 5.47. The molecule has 2 aliphatic rings. The molecule has 1 atom stereocenters. The largest absolute Gasteiger partial charge is 0.478 e. The summed E-state index contributed by atoms with van der Waals surface area (Å²) in [7, 11) is 0. The van der Waals surface area contributed by atoms with Crippen molar-refractivity contribution in [2.75, 3.05) is 29.4 Å². The summed E-state index contributed by atoms with van der Waals surface area (Å²) < 4.78 is 0. The van der Waals surface area contributed by atoms with E-state index >= 15 is 0 Å². The van der Waals surface area contributed by atoms with Gasteiger partial charge in [-0.05, 0) is 68.0 Å². The number of nitrogens with zero attached hydrogens (tertiary/aromatic N) is 3. The molecule has 2 aliphatic heterocycles. The van der Waals surface area contributed by atoms with Gasteiger partial charge in [0.05, 0.1) is 12.1 Å². The van der Waals surface area contributed by atoms with Crippen molar-refractivity contribution in [3.63, 3.8) is 0 Å². The van der Waals surface area contributed by atoms with Crippen molar-refractivity contribution in [1.82, 2.24) is 0 Å². The fraction of sp³-hybridized carbons (Fsp3) is 0.391. The van der Waals surface area contributed by atoms with Crippen molar-refractivity contribution in [1.29, 1.82) is 0 Å². The van der Waals surface area contributed by atoms with Crippen LogP contribution in [0.3, 0.4) is 0 Å². The Morgan fingerprint density at radius 2 is 1.72 bits per heavy atom. The van der Waals surface area contributed by atoms with Crippen LogP contribution in [0.1, 0.15) is 36.5 Å². The fourth-order valence-electron chi connectivity index (χ4n) is 4.89. The van der Waals surface area contributed by atoms with Gasteiger partial charge >= 0.3 is 5.97 Å². The molecule has 0 radical (unpaired) electrons. The summed E-state index contributed by atoms with van der Waals surface area (Å²) in [6.07, 6.45) is 3.38. The van der Waals surface area contributed by atoms with E-state index in [4.69, 9.17) is 23.3 Å². The Kier molecular flexibility index (Phi) is 5.14. The normalized spacial score (nSPS) is 20.7. The molecule has 0 amide bonds. The number of rotatable bonds is 3. The Bertz CT molecular complexity index is 959. The van der Waals surface area contributed by atoms with E-state index in [0.717, 1.165) is 50.3 Å². The number of hydrogen-bond acceptors (Lipinski definition) is 3. The second-order valence-electron chi connectivity index (χ2n) is 8.07. The average molecular weight is 410 g/mol. The fourth-order valence-corrected chi connectivity index (χ4v) is 5.10. The highest BCUT2D eigenvalue weighted by molar-refractivity contribution is 6.33. The molecule has 1 spiro atoms. The van der Waals surface area contributed by atoms with Gasteiger partial charge in [0, 0.05) is 42.1 Å². The first-order valence-corrected chi connectivity index (χ1v) is 10.3. The number of carboxylic acid groups (broad SMARTS) is 1. The number of halogens is 1. The molecule has 2 aromatic rings. The van der Waals surface area contributed by atoms with E-state index < -0.39 is 5.97 Å². The van der Waals surface area contributed by atoms with Crippen LogP contribution in [0.25, 0.3) is 4.85 Å². The first-order chi connectivity index (χ1) is 13.9. The van der Waals surface area contributed by atoms with Gasteiger partial charge in [0.2, 0.25) is 5.69 Å². The molecule has 0 saturated carbocycles. The van der Waals surface area contributed by atoms with E-state index in [2.05, 4.69) is 21.6 Å². The number of anilines is 2. The molecule has 1 N–H and O–H groups in total. The average Bonchev–Trinajstić information content (AvgIpc) is 3.04. The van der Waals surface area contributed by atoms with Crippen molar-refractivity contribution >= 4 is 34.6 Å². The van der Waals surface area contributed by atoms with Gasteiger partial charge in [-0.25, -0.2) is 9.64 Å². The maximum Gasteiger partial charge on any atom is 0.335 e. The van der Waals surface area contributed by atoms with Crippen molar-refractivity contribution in [3.8, 4) is 0 Å². The second kappa shape index (κ2) is 7.61. The Morgan fingerprint density at radius 3 is 2.31 bits per heavy atom. The van der Waals surface area contributed by atoms with Gasteiger partial charge in [-0.3, -0.25) is 0 Å². The second-order valence-corrected chi connectivity index (χ2v) is 8.48. The van der Waals surface area contributed by atoms with Crippen LogP contribution in [0.4, 0.5) is 17.1 Å². The van der Waals surface area contributed by atoms with Crippen LogP contribution < -0.4 is 9.80 Å². The maximum atomic E-state index is 11.1. The lowest BCUT2D eigenvalue weighted by Gasteiger charge is -2.44. The molecule has 150 valence electrons. The Morgan fingerprint density at radius 1 is 1.10 bits per heavy atom. The zero-order valence-electron chi connectivity index (χ0n) is 16.4. The molecule has 6 heteroatoms. The molecular formula is C23H24ClN3O2. The first-order valence-electron chi connectivity index (χ1n) is 9.95. The van der Waals surface area contributed by atoms with E-state index in [9.17, 15) is 4.79 Å². The maximum absolute atomic E-state index is 11.1. The molecule has 0 aliphatic carbocycles. The lowest BCUT2D eigenvalue weighted by atomic mass is 9.73. The quantitative estimate of drug-likeness (QED) is 0.682. The van der Waals surface area contributed by atoms with Crippen LogP contribution in [0.5, 0.6) is 0 Å². The van der Waals surface area contributed by atoms with E-state index in [1.165, 1.54) is 0 Å². The Hall–Kier alpha value is -2.71. The Balaban J connectivity index is 1.45. The number of aromatic carboxylic acids is 1. The molecule has 29 heavy (non-hydrogen) atoms. The third kappa shape index (κ3) is 3.54. The highest BCUT2D eigenvalue weighted by Gasteiger charge is 2.46. The lowest BCUT2D eigenvalue weighted by Crippen LogP contribution is -2.46. The van der Waals surface area contributed by atoms with Crippen LogP contribution >= 0.6 is 11.6 Å². The number of carbonyl (C=O) groups is 1.